The fraction of sp³-hybridized carbons (Fsp3) is 0.0556. The van der Waals surface area contributed by atoms with Crippen molar-refractivity contribution in [1.29, 1.82) is 0 Å². The summed E-state index contributed by atoms with van der Waals surface area (Å²) in [7, 11) is 0. The van der Waals surface area contributed by atoms with Crippen molar-refractivity contribution in [3.05, 3.63) is 60.6 Å². The van der Waals surface area contributed by atoms with Gasteiger partial charge in [-0.2, -0.15) is 0 Å². The molecule has 1 aromatic carbocycles. The Bertz CT molecular complexity index is 989. The van der Waals surface area contributed by atoms with Crippen LogP contribution in [0.25, 0.3) is 33.4 Å². The van der Waals surface area contributed by atoms with E-state index in [-0.39, 0.29) is 0 Å². The second-order valence-electron chi connectivity index (χ2n) is 5.51. The molecule has 0 aliphatic rings. The molecule has 4 rings (SSSR count). The molecule has 0 atom stereocenters. The van der Waals surface area contributed by atoms with Gasteiger partial charge >= 0.3 is 0 Å². The Kier molecular flexibility index (Phi) is 3.05. The number of anilines is 1. The minimum atomic E-state index is 0.400. The molecule has 3 heterocycles. The largest absolute Gasteiger partial charge is 0.369 e. The number of imidazole rings is 1. The van der Waals surface area contributed by atoms with Gasteiger partial charge in [-0.3, -0.25) is 9.97 Å². The summed E-state index contributed by atoms with van der Waals surface area (Å²) < 4.78 is 0. The average Bonchev–Trinajstić information content (AvgIpc) is 2.95. The maximum atomic E-state index is 5.85. The van der Waals surface area contributed by atoms with E-state index in [1.807, 2.05) is 43.6 Å². The summed E-state index contributed by atoms with van der Waals surface area (Å²) >= 11 is 0. The molecule has 23 heavy (non-hydrogen) atoms. The summed E-state index contributed by atoms with van der Waals surface area (Å²) in [5, 5.41) is 0. The Morgan fingerprint density at radius 2 is 1.96 bits per heavy atom. The molecular formula is C18H15N5. The number of nitrogens with zero attached hydrogens (tertiary/aromatic N) is 3. The summed E-state index contributed by atoms with van der Waals surface area (Å²) in [6.45, 7) is 2.03. The minimum Gasteiger partial charge on any atom is -0.369 e. The van der Waals surface area contributed by atoms with Crippen molar-refractivity contribution < 1.29 is 0 Å². The molecule has 0 amide bonds. The van der Waals surface area contributed by atoms with Gasteiger partial charge in [0.05, 0.1) is 16.7 Å². The number of hydrogen-bond acceptors (Lipinski definition) is 4. The number of hydrogen-bond donors (Lipinski definition) is 2. The van der Waals surface area contributed by atoms with Gasteiger partial charge in [0, 0.05) is 29.7 Å². The fourth-order valence-electron chi connectivity index (χ4n) is 2.73. The first-order valence-electron chi connectivity index (χ1n) is 7.33. The number of benzene rings is 1. The highest BCUT2D eigenvalue weighted by atomic mass is 15.0. The summed E-state index contributed by atoms with van der Waals surface area (Å²) in [5.41, 5.74) is 12.6. The highest BCUT2D eigenvalue weighted by molar-refractivity contribution is 5.96. The van der Waals surface area contributed by atoms with E-state index in [4.69, 9.17) is 5.73 Å². The molecule has 0 spiro atoms. The number of aromatic amines is 1. The number of H-pyrrole nitrogens is 1. The van der Waals surface area contributed by atoms with Crippen LogP contribution in [0.5, 0.6) is 0 Å². The third-order valence-electron chi connectivity index (χ3n) is 3.75. The average molecular weight is 301 g/mol. The second-order valence-corrected chi connectivity index (χ2v) is 5.51. The third kappa shape index (κ3) is 2.42. The summed E-state index contributed by atoms with van der Waals surface area (Å²) in [5.74, 6) is 0.400. The highest BCUT2D eigenvalue weighted by Crippen LogP contribution is 2.32. The number of nitrogens with one attached hydrogen (secondary N) is 1. The van der Waals surface area contributed by atoms with Crippen molar-refractivity contribution in [2.24, 2.45) is 0 Å². The summed E-state index contributed by atoms with van der Waals surface area (Å²) in [6.07, 6.45) is 5.48. The van der Waals surface area contributed by atoms with E-state index in [1.54, 1.807) is 6.20 Å². The topological polar surface area (TPSA) is 80.5 Å². The van der Waals surface area contributed by atoms with E-state index >= 15 is 0 Å². The molecule has 112 valence electrons. The van der Waals surface area contributed by atoms with Crippen LogP contribution in [0.15, 0.2) is 55.0 Å². The molecule has 3 aromatic heterocycles. The molecule has 0 aliphatic carbocycles. The van der Waals surface area contributed by atoms with Gasteiger partial charge in [-0.15, -0.1) is 0 Å². The van der Waals surface area contributed by atoms with Crippen molar-refractivity contribution in [3.8, 4) is 22.4 Å². The Balaban J connectivity index is 2.01. The third-order valence-corrected chi connectivity index (χ3v) is 3.75. The molecule has 0 radical (unpaired) electrons. The van der Waals surface area contributed by atoms with Gasteiger partial charge in [0.2, 0.25) is 0 Å². The highest BCUT2D eigenvalue weighted by Gasteiger charge is 2.12. The first-order chi connectivity index (χ1) is 11.2. The second kappa shape index (κ2) is 5.21. The van der Waals surface area contributed by atoms with Gasteiger partial charge in [0.1, 0.15) is 0 Å². The van der Waals surface area contributed by atoms with Gasteiger partial charge in [-0.05, 0) is 48.4 Å². The van der Waals surface area contributed by atoms with Crippen LogP contribution < -0.4 is 5.73 Å². The quantitative estimate of drug-likeness (QED) is 0.593. The van der Waals surface area contributed by atoms with Crippen LogP contribution in [0.1, 0.15) is 5.56 Å². The van der Waals surface area contributed by atoms with Crippen molar-refractivity contribution >= 4 is 17.0 Å². The molecule has 0 fully saturated rings. The van der Waals surface area contributed by atoms with Crippen LogP contribution in [0.2, 0.25) is 0 Å². The van der Waals surface area contributed by atoms with E-state index in [0.29, 0.717) is 5.95 Å². The van der Waals surface area contributed by atoms with E-state index < -0.39 is 0 Å². The minimum absolute atomic E-state index is 0.400. The lowest BCUT2D eigenvalue weighted by Gasteiger charge is -2.07. The summed E-state index contributed by atoms with van der Waals surface area (Å²) in [6, 6.07) is 12.1. The number of aryl methyl sites for hydroxylation is 1. The Morgan fingerprint density at radius 3 is 2.74 bits per heavy atom. The van der Waals surface area contributed by atoms with Crippen LogP contribution in [0.4, 0.5) is 5.95 Å². The molecule has 0 aliphatic heterocycles. The van der Waals surface area contributed by atoms with Crippen LogP contribution in [-0.2, 0) is 0 Å². The first kappa shape index (κ1) is 13.5. The van der Waals surface area contributed by atoms with E-state index in [0.717, 1.165) is 39.0 Å². The van der Waals surface area contributed by atoms with Crippen LogP contribution in [-0.4, -0.2) is 19.9 Å². The van der Waals surface area contributed by atoms with Crippen LogP contribution in [0, 0.1) is 6.92 Å². The number of rotatable bonds is 2. The van der Waals surface area contributed by atoms with Crippen molar-refractivity contribution in [3.63, 3.8) is 0 Å². The predicted molar refractivity (Wildman–Crippen MR) is 91.7 cm³/mol. The smallest absolute Gasteiger partial charge is 0.198 e. The lowest BCUT2D eigenvalue weighted by atomic mass is 10.0. The number of pyridine rings is 2. The monoisotopic (exact) mass is 301 g/mol. The molecule has 0 saturated heterocycles. The molecule has 0 unspecified atom stereocenters. The van der Waals surface area contributed by atoms with Gasteiger partial charge < -0.3 is 10.7 Å². The van der Waals surface area contributed by atoms with Crippen LogP contribution >= 0.6 is 0 Å². The van der Waals surface area contributed by atoms with Crippen molar-refractivity contribution in [1.82, 2.24) is 19.9 Å². The lowest BCUT2D eigenvalue weighted by molar-refractivity contribution is 1.27. The molecule has 0 bridgehead atoms. The van der Waals surface area contributed by atoms with E-state index in [2.05, 4.69) is 32.1 Å². The zero-order chi connectivity index (χ0) is 15.8. The maximum Gasteiger partial charge on any atom is 0.198 e. The molecule has 0 saturated carbocycles. The van der Waals surface area contributed by atoms with E-state index in [1.165, 1.54) is 0 Å². The Morgan fingerprint density at radius 1 is 1.04 bits per heavy atom. The Labute approximate surface area is 133 Å². The molecule has 3 N–H and O–H groups in total. The molecule has 5 heteroatoms. The normalized spacial score (nSPS) is 11.0. The first-order valence-corrected chi connectivity index (χ1v) is 7.33. The standard InChI is InChI=1S/C18H15N5/c1-11-6-13(10-20-9-11)12-7-14(15-4-2-3-5-21-15)17-16(8-12)22-18(19)23-17/h2-10H,1H3,(H3,19,22,23). The Hall–Kier alpha value is -3.21. The van der Waals surface area contributed by atoms with E-state index in [9.17, 15) is 0 Å². The van der Waals surface area contributed by atoms with Gasteiger partial charge in [0.25, 0.3) is 0 Å². The van der Waals surface area contributed by atoms with Gasteiger partial charge in [-0.1, -0.05) is 6.07 Å². The van der Waals surface area contributed by atoms with Gasteiger partial charge in [-0.25, -0.2) is 4.98 Å². The predicted octanol–water partition coefficient (Wildman–Crippen LogP) is 3.58. The van der Waals surface area contributed by atoms with Crippen molar-refractivity contribution in [2.75, 3.05) is 5.73 Å². The zero-order valence-electron chi connectivity index (χ0n) is 12.6. The molecular weight excluding hydrogens is 286 g/mol. The molecule has 5 nitrogen and oxygen atoms in total. The number of aromatic nitrogens is 4. The van der Waals surface area contributed by atoms with Gasteiger partial charge in [0.15, 0.2) is 5.95 Å². The SMILES string of the molecule is Cc1cncc(-c2cc(-c3ccccn3)c3nc(N)[nH]c3c2)c1. The van der Waals surface area contributed by atoms with Crippen molar-refractivity contribution in [2.45, 2.75) is 6.92 Å². The number of nitrogen functional groups attached to an aromatic ring is 1. The zero-order valence-corrected chi connectivity index (χ0v) is 12.6. The number of fused-ring (bicyclic) bond motifs is 1. The molecule has 4 aromatic rings. The number of nitrogens with two attached hydrogens (primary N) is 1. The van der Waals surface area contributed by atoms with Crippen LogP contribution in [0.3, 0.4) is 0 Å². The lowest BCUT2D eigenvalue weighted by Crippen LogP contribution is -1.88. The summed E-state index contributed by atoms with van der Waals surface area (Å²) in [4.78, 5) is 16.3. The fourth-order valence-corrected chi connectivity index (χ4v) is 2.73. The maximum absolute atomic E-state index is 5.85.